The number of carbonyl (C=O) groups excluding carboxylic acids is 1. The third-order valence-electron chi connectivity index (χ3n) is 4.59. The van der Waals surface area contributed by atoms with Crippen molar-refractivity contribution < 1.29 is 35.1 Å². The van der Waals surface area contributed by atoms with E-state index in [2.05, 4.69) is 0 Å². The number of fused-ring (bicyclic) bond motifs is 1. The number of Topliss-reactive ketones (excluding diaryl/α,β-unsaturated/α-hetero) is 1. The van der Waals surface area contributed by atoms with E-state index in [0.29, 0.717) is 11.1 Å². The lowest BCUT2D eigenvalue weighted by molar-refractivity contribution is 0.0888. The number of phenols is 4. The van der Waals surface area contributed by atoms with E-state index in [1.54, 1.807) is 13.0 Å². The maximum atomic E-state index is 13.0. The van der Waals surface area contributed by atoms with E-state index in [9.17, 15) is 25.2 Å². The third kappa shape index (κ3) is 3.41. The topological polar surface area (TPSA) is 127 Å². The van der Waals surface area contributed by atoms with Gasteiger partial charge in [0.15, 0.2) is 5.78 Å². The van der Waals surface area contributed by atoms with Gasteiger partial charge in [-0.15, -0.1) is 0 Å². The van der Waals surface area contributed by atoms with E-state index < -0.39 is 17.5 Å². The Morgan fingerprint density at radius 2 is 1.89 bits per heavy atom. The second kappa shape index (κ2) is 7.20. The van der Waals surface area contributed by atoms with Crippen LogP contribution >= 0.6 is 0 Å². The molecule has 0 saturated heterocycles. The van der Waals surface area contributed by atoms with E-state index in [0.717, 1.165) is 12.1 Å². The minimum Gasteiger partial charge on any atom is -0.508 e. The summed E-state index contributed by atoms with van der Waals surface area (Å²) in [6.07, 6.45) is 1.90. The molecular formula is C20H20O7. The predicted molar refractivity (Wildman–Crippen MR) is 96.7 cm³/mol. The minimum atomic E-state index is -0.865. The van der Waals surface area contributed by atoms with Crippen molar-refractivity contribution in [3.8, 4) is 28.7 Å². The first-order valence-electron chi connectivity index (χ1n) is 8.36. The van der Waals surface area contributed by atoms with E-state index in [1.807, 2.05) is 0 Å². The Bertz CT molecular complexity index is 930. The highest BCUT2D eigenvalue weighted by Crippen LogP contribution is 2.45. The van der Waals surface area contributed by atoms with E-state index in [4.69, 9.17) is 9.84 Å². The average molecular weight is 372 g/mol. The van der Waals surface area contributed by atoms with Crippen molar-refractivity contribution in [2.75, 3.05) is 13.2 Å². The van der Waals surface area contributed by atoms with Gasteiger partial charge in [0.2, 0.25) is 0 Å². The molecule has 0 spiro atoms. The number of hydrogen-bond acceptors (Lipinski definition) is 7. The molecule has 1 atom stereocenters. The highest BCUT2D eigenvalue weighted by molar-refractivity contribution is 6.07. The number of aliphatic hydroxyl groups excluding tert-OH is 1. The molecule has 7 nitrogen and oxygen atoms in total. The molecule has 0 aromatic heterocycles. The fourth-order valence-electron chi connectivity index (χ4n) is 3.08. The normalized spacial score (nSPS) is 16.7. The van der Waals surface area contributed by atoms with Crippen molar-refractivity contribution in [2.24, 2.45) is 0 Å². The number of rotatable bonds is 4. The Balaban J connectivity index is 2.05. The van der Waals surface area contributed by atoms with Crippen LogP contribution in [0.25, 0.3) is 0 Å². The Morgan fingerprint density at radius 3 is 2.56 bits per heavy atom. The number of phenolic OH excluding ortho intramolecular Hbond substituents is 4. The van der Waals surface area contributed by atoms with Gasteiger partial charge in [-0.2, -0.15) is 0 Å². The average Bonchev–Trinajstić information content (AvgIpc) is 2.61. The van der Waals surface area contributed by atoms with Crippen molar-refractivity contribution in [3.05, 3.63) is 52.6 Å². The highest BCUT2D eigenvalue weighted by atomic mass is 16.5. The summed E-state index contributed by atoms with van der Waals surface area (Å²) in [5, 5.41) is 49.0. The largest absolute Gasteiger partial charge is 0.508 e. The molecule has 0 bridgehead atoms. The zero-order chi connectivity index (χ0) is 19.7. The van der Waals surface area contributed by atoms with Crippen molar-refractivity contribution >= 4 is 5.78 Å². The second-order valence-corrected chi connectivity index (χ2v) is 6.48. The van der Waals surface area contributed by atoms with Crippen LogP contribution in [0, 0.1) is 0 Å². The lowest BCUT2D eigenvalue weighted by atomic mass is 9.86. The molecule has 1 aliphatic rings. The van der Waals surface area contributed by atoms with Gasteiger partial charge in [0.1, 0.15) is 40.9 Å². The number of carbonyl (C=O) groups is 1. The number of hydrogen-bond donors (Lipinski definition) is 5. The summed E-state index contributed by atoms with van der Waals surface area (Å²) >= 11 is 0. The van der Waals surface area contributed by atoms with Crippen LogP contribution in [0.5, 0.6) is 28.7 Å². The SMILES string of the molecule is CC(=CCc1c(O)cc(O)c2c1OC[C@@H](c1ccc(O)cc1O)C2=O)CO. The number of aromatic hydroxyl groups is 4. The molecule has 7 heteroatoms. The molecule has 3 rings (SSSR count). The zero-order valence-electron chi connectivity index (χ0n) is 14.6. The Morgan fingerprint density at radius 1 is 1.15 bits per heavy atom. The van der Waals surface area contributed by atoms with E-state index in [1.165, 1.54) is 12.1 Å². The number of allylic oxidation sites excluding steroid dienone is 1. The van der Waals surface area contributed by atoms with Gasteiger partial charge in [0.25, 0.3) is 0 Å². The minimum absolute atomic E-state index is 0.0680. The summed E-state index contributed by atoms with van der Waals surface area (Å²) in [5.41, 5.74) is 1.22. The first kappa shape index (κ1) is 18.6. The molecule has 0 amide bonds. The van der Waals surface area contributed by atoms with Crippen molar-refractivity contribution in [1.29, 1.82) is 0 Å². The van der Waals surface area contributed by atoms with Crippen LogP contribution in [-0.4, -0.2) is 44.5 Å². The molecule has 0 saturated carbocycles. The molecule has 2 aromatic carbocycles. The Kier molecular flexibility index (Phi) is 4.96. The maximum absolute atomic E-state index is 13.0. The lowest BCUT2D eigenvalue weighted by Crippen LogP contribution is -2.27. The van der Waals surface area contributed by atoms with E-state index in [-0.39, 0.29) is 53.8 Å². The number of aliphatic hydroxyl groups is 1. The summed E-state index contributed by atoms with van der Waals surface area (Å²) < 4.78 is 5.70. The van der Waals surface area contributed by atoms with Crippen LogP contribution in [0.15, 0.2) is 35.9 Å². The maximum Gasteiger partial charge on any atom is 0.181 e. The number of ether oxygens (including phenoxy) is 1. The molecule has 1 aliphatic heterocycles. The highest BCUT2D eigenvalue weighted by Gasteiger charge is 2.36. The summed E-state index contributed by atoms with van der Waals surface area (Å²) in [4.78, 5) is 13.0. The predicted octanol–water partition coefficient (Wildman–Crippen LogP) is 2.35. The molecule has 5 N–H and O–H groups in total. The fraction of sp³-hybridized carbons (Fsp3) is 0.250. The van der Waals surface area contributed by atoms with Gasteiger partial charge in [-0.1, -0.05) is 17.7 Å². The first-order chi connectivity index (χ1) is 12.8. The fourth-order valence-corrected chi connectivity index (χ4v) is 3.08. The lowest BCUT2D eigenvalue weighted by Gasteiger charge is -2.27. The van der Waals surface area contributed by atoms with Crippen molar-refractivity contribution in [2.45, 2.75) is 19.3 Å². The van der Waals surface area contributed by atoms with Gasteiger partial charge >= 0.3 is 0 Å². The summed E-state index contributed by atoms with van der Waals surface area (Å²) in [7, 11) is 0. The van der Waals surface area contributed by atoms with Crippen LogP contribution in [0.1, 0.15) is 34.3 Å². The quantitative estimate of drug-likeness (QED) is 0.521. The zero-order valence-corrected chi connectivity index (χ0v) is 14.6. The smallest absolute Gasteiger partial charge is 0.181 e. The van der Waals surface area contributed by atoms with Crippen LogP contribution < -0.4 is 4.74 Å². The Hall–Kier alpha value is -3.19. The molecule has 0 unspecified atom stereocenters. The molecule has 27 heavy (non-hydrogen) atoms. The summed E-state index contributed by atoms with van der Waals surface area (Å²) in [5.74, 6) is -2.25. The van der Waals surface area contributed by atoms with Crippen molar-refractivity contribution in [1.82, 2.24) is 0 Å². The van der Waals surface area contributed by atoms with Gasteiger partial charge in [0.05, 0.1) is 12.5 Å². The summed E-state index contributed by atoms with van der Waals surface area (Å²) in [6, 6.07) is 4.98. The number of ketones is 1. The van der Waals surface area contributed by atoms with Gasteiger partial charge in [-0.05, 0) is 19.4 Å². The molecule has 0 aliphatic carbocycles. The van der Waals surface area contributed by atoms with Gasteiger partial charge < -0.3 is 30.3 Å². The molecule has 0 fully saturated rings. The number of benzene rings is 2. The monoisotopic (exact) mass is 372 g/mol. The Labute approximate surface area is 155 Å². The van der Waals surface area contributed by atoms with Crippen LogP contribution in [-0.2, 0) is 6.42 Å². The summed E-state index contributed by atoms with van der Waals surface area (Å²) in [6.45, 7) is 1.49. The van der Waals surface area contributed by atoms with Gasteiger partial charge in [-0.3, -0.25) is 4.79 Å². The van der Waals surface area contributed by atoms with Crippen LogP contribution in [0.2, 0.25) is 0 Å². The molecule has 1 heterocycles. The first-order valence-corrected chi connectivity index (χ1v) is 8.36. The molecular weight excluding hydrogens is 352 g/mol. The molecule has 142 valence electrons. The van der Waals surface area contributed by atoms with E-state index >= 15 is 0 Å². The second-order valence-electron chi connectivity index (χ2n) is 6.48. The van der Waals surface area contributed by atoms with Crippen LogP contribution in [0.4, 0.5) is 0 Å². The third-order valence-corrected chi connectivity index (χ3v) is 4.59. The molecule has 2 aromatic rings. The van der Waals surface area contributed by atoms with Crippen molar-refractivity contribution in [3.63, 3.8) is 0 Å². The van der Waals surface area contributed by atoms with Gasteiger partial charge in [-0.25, -0.2) is 0 Å². The van der Waals surface area contributed by atoms with Crippen LogP contribution in [0.3, 0.4) is 0 Å². The van der Waals surface area contributed by atoms with Gasteiger partial charge in [0, 0.05) is 23.3 Å². The standard InChI is InChI=1S/C20H20O7/c1-10(8-21)2-4-13-16(24)7-17(25)18-19(26)14(9-27-20(13)18)12-5-3-11(22)6-15(12)23/h2-3,5-7,14,21-25H,4,8-9H2,1H3/t14-/m0/s1. The molecule has 0 radical (unpaired) electrons.